The summed E-state index contributed by atoms with van der Waals surface area (Å²) in [6, 6.07) is 12.7. The molecule has 150 valence electrons. The highest BCUT2D eigenvalue weighted by Gasteiger charge is 2.35. The van der Waals surface area contributed by atoms with Crippen LogP contribution in [0.3, 0.4) is 0 Å². The minimum absolute atomic E-state index is 0.0256. The summed E-state index contributed by atoms with van der Waals surface area (Å²) in [4.78, 5) is 15.2. The maximum atomic E-state index is 13.0. The van der Waals surface area contributed by atoms with Gasteiger partial charge >= 0.3 is 10.1 Å². The average Bonchev–Trinajstić information content (AvgIpc) is 2.69. The average molecular weight is 404 g/mol. The number of hydrogen-bond acceptors (Lipinski definition) is 6. The van der Waals surface area contributed by atoms with E-state index in [4.69, 9.17) is 8.92 Å². The topological polar surface area (TPSA) is 72.9 Å². The van der Waals surface area contributed by atoms with Crippen LogP contribution >= 0.6 is 0 Å². The largest absolute Gasteiger partial charge is 0.379 e. The zero-order chi connectivity index (χ0) is 20.4. The molecule has 0 unspecified atom stereocenters. The first-order chi connectivity index (χ1) is 13.2. The second-order valence-electron chi connectivity index (χ2n) is 7.36. The Morgan fingerprint density at radius 3 is 2.14 bits per heavy atom. The minimum Gasteiger partial charge on any atom is -0.379 e. The third kappa shape index (κ3) is 4.43. The van der Waals surface area contributed by atoms with Gasteiger partial charge in [-0.25, -0.2) is 0 Å². The van der Waals surface area contributed by atoms with E-state index in [0.29, 0.717) is 31.9 Å². The van der Waals surface area contributed by atoms with Crippen molar-refractivity contribution < 1.29 is 22.1 Å². The predicted molar refractivity (Wildman–Crippen MR) is 106 cm³/mol. The van der Waals surface area contributed by atoms with Crippen LogP contribution in [0.15, 0.2) is 53.4 Å². The van der Waals surface area contributed by atoms with Gasteiger partial charge in [-0.05, 0) is 57.2 Å². The highest BCUT2D eigenvalue weighted by molar-refractivity contribution is 7.87. The maximum absolute atomic E-state index is 13.0. The van der Waals surface area contributed by atoms with Crippen LogP contribution in [0.1, 0.15) is 29.8 Å². The van der Waals surface area contributed by atoms with Crippen LogP contribution in [0, 0.1) is 6.92 Å². The second-order valence-corrected chi connectivity index (χ2v) is 8.91. The minimum atomic E-state index is -3.92. The summed E-state index contributed by atoms with van der Waals surface area (Å²) < 4.78 is 35.3. The first kappa shape index (κ1) is 20.5. The predicted octanol–water partition coefficient (Wildman–Crippen LogP) is 3.06. The molecular formula is C21H25NO5S. The normalized spacial score (nSPS) is 16.0. The van der Waals surface area contributed by atoms with E-state index >= 15 is 0 Å². The smallest absolute Gasteiger partial charge is 0.339 e. The SMILES string of the molecule is Cc1ccc(S(=O)(=O)Oc2ccc(C(=O)C(C)(C)N3CCOCC3)cc2)cc1. The molecule has 1 saturated heterocycles. The molecule has 2 aromatic carbocycles. The first-order valence-electron chi connectivity index (χ1n) is 9.19. The lowest BCUT2D eigenvalue weighted by molar-refractivity contribution is -0.00429. The molecule has 0 aromatic heterocycles. The maximum Gasteiger partial charge on any atom is 0.339 e. The van der Waals surface area contributed by atoms with Gasteiger partial charge in [0, 0.05) is 18.7 Å². The van der Waals surface area contributed by atoms with Crippen molar-refractivity contribution in [3.8, 4) is 5.75 Å². The monoisotopic (exact) mass is 403 g/mol. The summed E-state index contributed by atoms with van der Waals surface area (Å²) in [7, 11) is -3.92. The number of carbonyl (C=O) groups is 1. The van der Waals surface area contributed by atoms with Crippen LogP contribution in [-0.2, 0) is 14.9 Å². The van der Waals surface area contributed by atoms with Crippen molar-refractivity contribution in [1.29, 1.82) is 0 Å². The zero-order valence-corrected chi connectivity index (χ0v) is 17.2. The number of Topliss-reactive ketones (excluding diaryl/α,β-unsaturated/α-hetero) is 1. The summed E-state index contributed by atoms with van der Waals surface area (Å²) in [6.45, 7) is 8.30. The number of hydrogen-bond donors (Lipinski definition) is 0. The second kappa shape index (κ2) is 8.03. The molecule has 0 atom stereocenters. The Bertz CT molecular complexity index is 928. The first-order valence-corrected chi connectivity index (χ1v) is 10.6. The van der Waals surface area contributed by atoms with Gasteiger partial charge in [-0.15, -0.1) is 0 Å². The Morgan fingerprint density at radius 2 is 1.57 bits per heavy atom. The summed E-state index contributed by atoms with van der Waals surface area (Å²) in [6.07, 6.45) is 0. The van der Waals surface area contributed by atoms with E-state index in [1.54, 1.807) is 24.3 Å². The summed E-state index contributed by atoms with van der Waals surface area (Å²) in [5.41, 5.74) is 0.807. The lowest BCUT2D eigenvalue weighted by Crippen LogP contribution is -2.54. The number of ether oxygens (including phenoxy) is 1. The molecule has 0 radical (unpaired) electrons. The zero-order valence-electron chi connectivity index (χ0n) is 16.3. The molecule has 1 aliphatic heterocycles. The number of aryl methyl sites for hydroxylation is 1. The van der Waals surface area contributed by atoms with Gasteiger partial charge in [0.1, 0.15) is 10.6 Å². The standard InChI is InChI=1S/C21H25NO5S/c1-16-4-10-19(11-5-16)28(24,25)27-18-8-6-17(7-9-18)20(23)21(2,3)22-12-14-26-15-13-22/h4-11H,12-15H2,1-3H3. The van der Waals surface area contributed by atoms with Crippen molar-refractivity contribution in [3.05, 3.63) is 59.7 Å². The molecule has 1 aliphatic rings. The van der Waals surface area contributed by atoms with E-state index in [9.17, 15) is 13.2 Å². The number of benzene rings is 2. The number of rotatable bonds is 6. The van der Waals surface area contributed by atoms with Crippen molar-refractivity contribution in [3.63, 3.8) is 0 Å². The third-order valence-corrected chi connectivity index (χ3v) is 6.25. The van der Waals surface area contributed by atoms with Gasteiger partial charge < -0.3 is 8.92 Å². The fourth-order valence-corrected chi connectivity index (χ4v) is 4.09. The molecule has 0 spiro atoms. The molecule has 0 aliphatic carbocycles. The van der Waals surface area contributed by atoms with Crippen LogP contribution < -0.4 is 4.18 Å². The van der Waals surface area contributed by atoms with E-state index < -0.39 is 15.7 Å². The number of carbonyl (C=O) groups excluding carboxylic acids is 1. The number of nitrogens with zero attached hydrogens (tertiary/aromatic N) is 1. The summed E-state index contributed by atoms with van der Waals surface area (Å²) >= 11 is 0. The van der Waals surface area contributed by atoms with Gasteiger partial charge in [-0.2, -0.15) is 8.42 Å². The van der Waals surface area contributed by atoms with Crippen molar-refractivity contribution in [1.82, 2.24) is 4.90 Å². The van der Waals surface area contributed by atoms with Gasteiger partial charge in [0.25, 0.3) is 0 Å². The lowest BCUT2D eigenvalue weighted by atomic mass is 9.91. The van der Waals surface area contributed by atoms with Crippen LogP contribution in [-0.4, -0.2) is 50.9 Å². The molecule has 1 fully saturated rings. The fraction of sp³-hybridized carbons (Fsp3) is 0.381. The molecule has 3 rings (SSSR count). The van der Waals surface area contributed by atoms with Crippen LogP contribution in [0.2, 0.25) is 0 Å². The number of ketones is 1. The Morgan fingerprint density at radius 1 is 1.00 bits per heavy atom. The van der Waals surface area contributed by atoms with E-state index in [2.05, 4.69) is 4.90 Å². The summed E-state index contributed by atoms with van der Waals surface area (Å²) in [5.74, 6) is 0.142. The highest BCUT2D eigenvalue weighted by Crippen LogP contribution is 2.24. The van der Waals surface area contributed by atoms with Gasteiger partial charge in [0.05, 0.1) is 18.8 Å². The van der Waals surface area contributed by atoms with Gasteiger partial charge in [-0.3, -0.25) is 9.69 Å². The van der Waals surface area contributed by atoms with E-state index in [1.165, 1.54) is 24.3 Å². The molecule has 2 aromatic rings. The van der Waals surface area contributed by atoms with Gasteiger partial charge in [0.2, 0.25) is 0 Å². The molecule has 1 heterocycles. The van der Waals surface area contributed by atoms with Crippen molar-refractivity contribution in [2.45, 2.75) is 31.2 Å². The van der Waals surface area contributed by atoms with Crippen LogP contribution in [0.4, 0.5) is 0 Å². The van der Waals surface area contributed by atoms with Crippen molar-refractivity contribution in [2.75, 3.05) is 26.3 Å². The fourth-order valence-electron chi connectivity index (χ4n) is 3.16. The highest BCUT2D eigenvalue weighted by atomic mass is 32.2. The van der Waals surface area contributed by atoms with E-state index in [0.717, 1.165) is 5.56 Å². The Labute approximate surface area is 166 Å². The van der Waals surface area contributed by atoms with Crippen LogP contribution in [0.25, 0.3) is 0 Å². The Kier molecular flexibility index (Phi) is 5.88. The molecule has 0 saturated carbocycles. The van der Waals surface area contributed by atoms with E-state index in [-0.39, 0.29) is 16.4 Å². The van der Waals surface area contributed by atoms with E-state index in [1.807, 2.05) is 20.8 Å². The molecule has 6 nitrogen and oxygen atoms in total. The quantitative estimate of drug-likeness (QED) is 0.545. The number of morpholine rings is 1. The molecule has 0 bridgehead atoms. The third-order valence-electron chi connectivity index (χ3n) is 4.99. The van der Waals surface area contributed by atoms with Crippen molar-refractivity contribution >= 4 is 15.9 Å². The lowest BCUT2D eigenvalue weighted by Gasteiger charge is -2.39. The summed E-state index contributed by atoms with van der Waals surface area (Å²) in [5, 5.41) is 0. The Balaban J connectivity index is 1.74. The Hall–Kier alpha value is -2.22. The molecule has 0 amide bonds. The molecule has 0 N–H and O–H groups in total. The molecular weight excluding hydrogens is 378 g/mol. The molecule has 28 heavy (non-hydrogen) atoms. The van der Waals surface area contributed by atoms with Crippen molar-refractivity contribution in [2.24, 2.45) is 0 Å². The van der Waals surface area contributed by atoms with Gasteiger partial charge in [-0.1, -0.05) is 17.7 Å². The molecule has 7 heteroatoms. The van der Waals surface area contributed by atoms with Gasteiger partial charge in [0.15, 0.2) is 5.78 Å². The van der Waals surface area contributed by atoms with Crippen LogP contribution in [0.5, 0.6) is 5.75 Å².